The normalized spacial score (nSPS) is 10.7. The fourth-order valence-corrected chi connectivity index (χ4v) is 3.99. The van der Waals surface area contributed by atoms with E-state index < -0.39 is 0 Å². The summed E-state index contributed by atoms with van der Waals surface area (Å²) in [4.78, 5) is 13.2. The highest BCUT2D eigenvalue weighted by atomic mass is 32.1. The summed E-state index contributed by atoms with van der Waals surface area (Å²) in [7, 11) is 3.29. The van der Waals surface area contributed by atoms with Crippen molar-refractivity contribution in [2.45, 2.75) is 33.6 Å². The third kappa shape index (κ3) is 4.43. The van der Waals surface area contributed by atoms with Crippen molar-refractivity contribution in [3.05, 3.63) is 47.7 Å². The van der Waals surface area contributed by atoms with E-state index >= 15 is 0 Å². The van der Waals surface area contributed by atoms with Crippen molar-refractivity contribution in [3.63, 3.8) is 0 Å². The Kier molecular flexibility index (Phi) is 6.54. The molecule has 29 heavy (non-hydrogen) atoms. The van der Waals surface area contributed by atoms with E-state index in [1.165, 1.54) is 17.1 Å². The van der Waals surface area contributed by atoms with E-state index in [4.69, 9.17) is 9.47 Å². The van der Waals surface area contributed by atoms with E-state index in [1.807, 2.05) is 37.4 Å². The fraction of sp³-hybridized carbons (Fsp3) is 0.304. The lowest BCUT2D eigenvalue weighted by atomic mass is 9.99. The number of nitrogens with zero attached hydrogens (tertiary/aromatic N) is 1. The highest BCUT2D eigenvalue weighted by Gasteiger charge is 2.16. The number of nitrogens with one attached hydrogen (secondary N) is 1. The average molecular weight is 411 g/mol. The molecule has 1 heterocycles. The van der Waals surface area contributed by atoms with Gasteiger partial charge in [-0.3, -0.25) is 4.79 Å². The van der Waals surface area contributed by atoms with Crippen LogP contribution in [-0.4, -0.2) is 24.5 Å². The fourth-order valence-electron chi connectivity index (χ4n) is 3.24. The smallest absolute Gasteiger partial charge is 0.224 e. The quantitative estimate of drug-likeness (QED) is 0.531. The van der Waals surface area contributed by atoms with E-state index in [-0.39, 0.29) is 5.91 Å². The van der Waals surface area contributed by atoms with Crippen LogP contribution in [0.3, 0.4) is 0 Å². The summed E-state index contributed by atoms with van der Waals surface area (Å²) >= 11 is 1.44. The number of carbonyl (C=O) groups is 1. The van der Waals surface area contributed by atoms with Gasteiger partial charge in [0, 0.05) is 18.2 Å². The van der Waals surface area contributed by atoms with Crippen LogP contribution in [0.25, 0.3) is 21.6 Å². The maximum absolute atomic E-state index is 12.1. The lowest BCUT2D eigenvalue weighted by Crippen LogP contribution is -2.11. The number of carbonyl (C=O) groups excluding carboxylic acids is 1. The minimum atomic E-state index is -0.0227. The Labute approximate surface area is 175 Å². The molecule has 0 unspecified atom stereocenters. The van der Waals surface area contributed by atoms with Gasteiger partial charge in [0.2, 0.25) is 5.91 Å². The standard InChI is InChI=1S/C23H26N2O3S/c1-6-7-22(26)25-19-11-16(8-9-20(19)27-4)18-13-24-29-23(18)17-10-14(2)15(3)21(12-17)28-5/h8-13H,6-7H2,1-5H3,(H,25,26). The van der Waals surface area contributed by atoms with Gasteiger partial charge in [-0.15, -0.1) is 0 Å². The molecule has 0 aliphatic rings. The lowest BCUT2D eigenvalue weighted by molar-refractivity contribution is -0.116. The number of aromatic nitrogens is 1. The Hall–Kier alpha value is -2.86. The molecule has 5 nitrogen and oxygen atoms in total. The van der Waals surface area contributed by atoms with Crippen LogP contribution in [0.4, 0.5) is 5.69 Å². The van der Waals surface area contributed by atoms with Gasteiger partial charge in [-0.1, -0.05) is 19.1 Å². The summed E-state index contributed by atoms with van der Waals surface area (Å²) in [6.07, 6.45) is 3.13. The first-order chi connectivity index (χ1) is 14.0. The number of ether oxygens (including phenoxy) is 2. The van der Waals surface area contributed by atoms with Crippen molar-refractivity contribution < 1.29 is 14.3 Å². The molecule has 1 N–H and O–H groups in total. The molecule has 2 aromatic carbocycles. The monoisotopic (exact) mass is 410 g/mol. The molecule has 0 spiro atoms. The maximum atomic E-state index is 12.1. The highest BCUT2D eigenvalue weighted by Crippen LogP contribution is 2.40. The molecule has 0 bridgehead atoms. The molecule has 0 atom stereocenters. The Balaban J connectivity index is 2.05. The molecular weight excluding hydrogens is 384 g/mol. The molecule has 1 amide bonds. The number of methoxy groups -OCH3 is 2. The third-order valence-electron chi connectivity index (χ3n) is 4.93. The lowest BCUT2D eigenvalue weighted by Gasteiger charge is -2.13. The number of anilines is 1. The Morgan fingerprint density at radius 3 is 2.52 bits per heavy atom. The SMILES string of the molecule is CCCC(=O)Nc1cc(-c2cnsc2-c2cc(C)c(C)c(OC)c2)ccc1OC. The molecule has 0 fully saturated rings. The summed E-state index contributed by atoms with van der Waals surface area (Å²) < 4.78 is 15.4. The van der Waals surface area contributed by atoms with Crippen molar-refractivity contribution in [3.8, 4) is 33.1 Å². The van der Waals surface area contributed by atoms with Crippen molar-refractivity contribution in [2.75, 3.05) is 19.5 Å². The number of hydrogen-bond donors (Lipinski definition) is 1. The predicted octanol–water partition coefficient (Wildman–Crippen LogP) is 5.85. The first kappa shape index (κ1) is 20.9. The minimum Gasteiger partial charge on any atom is -0.496 e. The molecule has 3 aromatic rings. The van der Waals surface area contributed by atoms with Gasteiger partial charge in [0.05, 0.1) is 24.8 Å². The zero-order valence-electron chi connectivity index (χ0n) is 17.5. The topological polar surface area (TPSA) is 60.5 Å². The minimum absolute atomic E-state index is 0.0227. The number of aryl methyl sites for hydroxylation is 1. The molecule has 6 heteroatoms. The van der Waals surface area contributed by atoms with Gasteiger partial charge in [-0.2, -0.15) is 4.37 Å². The van der Waals surface area contributed by atoms with Crippen LogP contribution in [0.2, 0.25) is 0 Å². The molecule has 1 aromatic heterocycles. The first-order valence-electron chi connectivity index (χ1n) is 9.57. The van der Waals surface area contributed by atoms with Crippen LogP contribution >= 0.6 is 11.5 Å². The van der Waals surface area contributed by atoms with Crippen molar-refractivity contribution in [2.24, 2.45) is 0 Å². The van der Waals surface area contributed by atoms with Crippen molar-refractivity contribution >= 4 is 23.1 Å². The second-order valence-electron chi connectivity index (χ2n) is 6.90. The number of amides is 1. The summed E-state index contributed by atoms with van der Waals surface area (Å²) in [6.45, 7) is 6.12. The zero-order chi connectivity index (χ0) is 21.0. The second kappa shape index (κ2) is 9.09. The highest BCUT2D eigenvalue weighted by molar-refractivity contribution is 7.10. The van der Waals surface area contributed by atoms with Crippen LogP contribution in [0.5, 0.6) is 11.5 Å². The Morgan fingerprint density at radius 1 is 1.07 bits per heavy atom. The van der Waals surface area contributed by atoms with Crippen LogP contribution in [-0.2, 0) is 4.79 Å². The van der Waals surface area contributed by atoms with E-state index in [1.54, 1.807) is 14.2 Å². The van der Waals surface area contributed by atoms with Crippen LogP contribution in [0, 0.1) is 13.8 Å². The average Bonchev–Trinajstić information content (AvgIpc) is 3.20. The van der Waals surface area contributed by atoms with E-state index in [2.05, 4.69) is 29.6 Å². The summed E-state index contributed by atoms with van der Waals surface area (Å²) in [5.41, 5.74) is 6.01. The maximum Gasteiger partial charge on any atom is 0.224 e. The third-order valence-corrected chi connectivity index (χ3v) is 5.78. The van der Waals surface area contributed by atoms with E-state index in [9.17, 15) is 4.79 Å². The second-order valence-corrected chi connectivity index (χ2v) is 7.70. The van der Waals surface area contributed by atoms with Crippen LogP contribution in [0.15, 0.2) is 36.5 Å². The van der Waals surface area contributed by atoms with E-state index in [0.29, 0.717) is 17.9 Å². The van der Waals surface area contributed by atoms with Gasteiger partial charge >= 0.3 is 0 Å². The van der Waals surface area contributed by atoms with Gasteiger partial charge < -0.3 is 14.8 Å². The molecule has 0 saturated carbocycles. The van der Waals surface area contributed by atoms with Gasteiger partial charge in [-0.25, -0.2) is 0 Å². The van der Waals surface area contributed by atoms with Crippen LogP contribution < -0.4 is 14.8 Å². The van der Waals surface area contributed by atoms with Gasteiger partial charge in [0.1, 0.15) is 11.5 Å². The first-order valence-corrected chi connectivity index (χ1v) is 10.3. The number of hydrogen-bond acceptors (Lipinski definition) is 5. The van der Waals surface area contributed by atoms with Crippen molar-refractivity contribution in [1.29, 1.82) is 0 Å². The number of rotatable bonds is 7. The van der Waals surface area contributed by atoms with E-state index in [0.717, 1.165) is 39.3 Å². The molecule has 0 aliphatic carbocycles. The van der Waals surface area contributed by atoms with Gasteiger partial charge in [-0.05, 0) is 72.3 Å². The molecule has 152 valence electrons. The molecule has 0 radical (unpaired) electrons. The molecular formula is C23H26N2O3S. The summed E-state index contributed by atoms with van der Waals surface area (Å²) in [6, 6.07) is 10.0. The Morgan fingerprint density at radius 2 is 1.83 bits per heavy atom. The van der Waals surface area contributed by atoms with Gasteiger partial charge in [0.15, 0.2) is 0 Å². The molecule has 3 rings (SSSR count). The molecule has 0 aliphatic heterocycles. The molecule has 0 saturated heterocycles. The van der Waals surface area contributed by atoms with Crippen LogP contribution in [0.1, 0.15) is 30.9 Å². The zero-order valence-corrected chi connectivity index (χ0v) is 18.3. The Bertz CT molecular complexity index is 1030. The largest absolute Gasteiger partial charge is 0.496 e. The number of benzene rings is 2. The van der Waals surface area contributed by atoms with Crippen molar-refractivity contribution in [1.82, 2.24) is 4.37 Å². The predicted molar refractivity (Wildman–Crippen MR) is 119 cm³/mol. The van der Waals surface area contributed by atoms with Gasteiger partial charge in [0.25, 0.3) is 0 Å². The summed E-state index contributed by atoms with van der Waals surface area (Å²) in [5, 5.41) is 2.96. The summed E-state index contributed by atoms with van der Waals surface area (Å²) in [5.74, 6) is 1.47.